The van der Waals surface area contributed by atoms with Gasteiger partial charge in [-0.3, -0.25) is 38.6 Å². The van der Waals surface area contributed by atoms with Crippen LogP contribution in [-0.4, -0.2) is 91.0 Å². The largest absolute Gasteiger partial charge is 0.497 e. The molecule has 0 radical (unpaired) electrons. The fourth-order valence-electron chi connectivity index (χ4n) is 5.28. The number of likely N-dealkylation sites (tertiary alicyclic amines) is 1. The molecule has 0 saturated carbocycles. The van der Waals surface area contributed by atoms with Gasteiger partial charge in [-0.05, 0) is 36.8 Å². The molecule has 1 saturated heterocycles. The Labute approximate surface area is 218 Å². The number of carbonyl (C=O) groups is 6. The molecule has 0 aliphatic carbocycles. The van der Waals surface area contributed by atoms with Crippen LogP contribution in [0.15, 0.2) is 42.5 Å². The van der Waals surface area contributed by atoms with Crippen molar-refractivity contribution >= 4 is 41.1 Å². The SMILES string of the molecule is COc1ccc2c(c1)C1(CC(=O)N(CC(=O)N(C)C)C1=O)C(=O)N2CCCN1C(=O)c2ccccc2C1=O. The summed E-state index contributed by atoms with van der Waals surface area (Å²) in [6.07, 6.45) is -0.149. The van der Waals surface area contributed by atoms with E-state index in [-0.39, 0.29) is 19.5 Å². The molecule has 1 fully saturated rings. The van der Waals surface area contributed by atoms with Gasteiger partial charge in [-0.15, -0.1) is 0 Å². The molecule has 1 unspecified atom stereocenters. The maximum Gasteiger partial charge on any atom is 0.261 e. The first-order chi connectivity index (χ1) is 18.1. The minimum atomic E-state index is -1.80. The van der Waals surface area contributed by atoms with Crippen LogP contribution in [0.25, 0.3) is 0 Å². The van der Waals surface area contributed by atoms with E-state index < -0.39 is 53.8 Å². The Hall–Kier alpha value is -4.54. The van der Waals surface area contributed by atoms with Crippen molar-refractivity contribution in [1.29, 1.82) is 0 Å². The number of anilines is 1. The number of amides is 6. The van der Waals surface area contributed by atoms with Gasteiger partial charge in [0.2, 0.25) is 17.7 Å². The summed E-state index contributed by atoms with van der Waals surface area (Å²) < 4.78 is 5.32. The van der Waals surface area contributed by atoms with Gasteiger partial charge in [0, 0.05) is 38.4 Å². The molecule has 1 atom stereocenters. The first kappa shape index (κ1) is 25.1. The highest BCUT2D eigenvalue weighted by molar-refractivity contribution is 6.29. The van der Waals surface area contributed by atoms with Gasteiger partial charge in [-0.25, -0.2) is 0 Å². The van der Waals surface area contributed by atoms with Gasteiger partial charge in [0.05, 0.1) is 24.7 Å². The van der Waals surface area contributed by atoms with Gasteiger partial charge in [0.25, 0.3) is 17.7 Å². The monoisotopic (exact) mass is 518 g/mol. The lowest BCUT2D eigenvalue weighted by Crippen LogP contribution is -2.48. The van der Waals surface area contributed by atoms with E-state index in [1.54, 1.807) is 42.5 Å². The number of methoxy groups -OCH3 is 1. The lowest BCUT2D eigenvalue weighted by Gasteiger charge is -2.23. The zero-order valence-corrected chi connectivity index (χ0v) is 21.2. The molecule has 0 aromatic heterocycles. The van der Waals surface area contributed by atoms with Gasteiger partial charge >= 0.3 is 0 Å². The molecule has 6 amide bonds. The Morgan fingerprint density at radius 3 is 2.11 bits per heavy atom. The maximum absolute atomic E-state index is 13.9. The molecule has 11 nitrogen and oxygen atoms in total. The van der Waals surface area contributed by atoms with Gasteiger partial charge in [0.15, 0.2) is 5.41 Å². The van der Waals surface area contributed by atoms with Gasteiger partial charge < -0.3 is 14.5 Å². The fraction of sp³-hybridized carbons (Fsp3) is 0.333. The molecular weight excluding hydrogens is 492 g/mol. The zero-order chi connectivity index (χ0) is 27.4. The predicted molar refractivity (Wildman–Crippen MR) is 133 cm³/mol. The average Bonchev–Trinajstić information content (AvgIpc) is 3.40. The summed E-state index contributed by atoms with van der Waals surface area (Å²) >= 11 is 0. The van der Waals surface area contributed by atoms with E-state index in [0.717, 1.165) is 9.80 Å². The van der Waals surface area contributed by atoms with Crippen LogP contribution in [0.4, 0.5) is 5.69 Å². The van der Waals surface area contributed by atoms with E-state index in [0.29, 0.717) is 28.1 Å². The van der Waals surface area contributed by atoms with Crippen LogP contribution < -0.4 is 9.64 Å². The van der Waals surface area contributed by atoms with Gasteiger partial charge in [0.1, 0.15) is 12.3 Å². The number of carbonyl (C=O) groups excluding carboxylic acids is 6. The molecular formula is C27H26N4O7. The number of hydrogen-bond donors (Lipinski definition) is 0. The maximum atomic E-state index is 13.9. The summed E-state index contributed by atoms with van der Waals surface area (Å²) in [6, 6.07) is 11.4. The minimum absolute atomic E-state index is 0.0744. The minimum Gasteiger partial charge on any atom is -0.497 e. The van der Waals surface area contributed by atoms with Crippen molar-refractivity contribution in [1.82, 2.24) is 14.7 Å². The lowest BCUT2D eigenvalue weighted by molar-refractivity contribution is -0.146. The van der Waals surface area contributed by atoms with Crippen molar-refractivity contribution < 1.29 is 33.5 Å². The van der Waals surface area contributed by atoms with Crippen LogP contribution in [0.1, 0.15) is 39.1 Å². The molecule has 2 aromatic rings. The predicted octanol–water partition coefficient (Wildman–Crippen LogP) is 0.813. The molecule has 0 N–H and O–H groups in total. The van der Waals surface area contributed by atoms with Crippen molar-refractivity contribution in [3.8, 4) is 5.75 Å². The summed E-state index contributed by atoms with van der Waals surface area (Å²) in [5, 5.41) is 0. The number of likely N-dealkylation sites (N-methyl/N-ethyl adjacent to an activating group) is 1. The van der Waals surface area contributed by atoms with E-state index in [4.69, 9.17) is 4.74 Å². The smallest absolute Gasteiger partial charge is 0.261 e. The topological polar surface area (TPSA) is 125 Å². The molecule has 38 heavy (non-hydrogen) atoms. The molecule has 2 aromatic carbocycles. The highest BCUT2D eigenvalue weighted by atomic mass is 16.5. The Morgan fingerprint density at radius 2 is 1.50 bits per heavy atom. The first-order valence-electron chi connectivity index (χ1n) is 12.1. The molecule has 5 rings (SSSR count). The summed E-state index contributed by atoms with van der Waals surface area (Å²) in [7, 11) is 4.48. The van der Waals surface area contributed by atoms with E-state index in [2.05, 4.69) is 0 Å². The van der Waals surface area contributed by atoms with Crippen LogP contribution in [0, 0.1) is 0 Å². The third-order valence-electron chi connectivity index (χ3n) is 7.33. The summed E-state index contributed by atoms with van der Waals surface area (Å²) in [5.41, 5.74) is -0.341. The van der Waals surface area contributed by atoms with Gasteiger partial charge in [-0.1, -0.05) is 12.1 Å². The van der Waals surface area contributed by atoms with E-state index in [9.17, 15) is 28.8 Å². The number of rotatable bonds is 7. The molecule has 3 heterocycles. The normalized spacial score (nSPS) is 20.1. The molecule has 1 spiro atoms. The highest BCUT2D eigenvalue weighted by Gasteiger charge is 2.64. The number of fused-ring (bicyclic) bond motifs is 3. The van der Waals surface area contributed by atoms with Crippen molar-refractivity contribution in [2.24, 2.45) is 0 Å². The van der Waals surface area contributed by atoms with Crippen molar-refractivity contribution in [3.05, 3.63) is 59.2 Å². The fourth-order valence-corrected chi connectivity index (χ4v) is 5.28. The van der Waals surface area contributed by atoms with E-state index >= 15 is 0 Å². The highest BCUT2D eigenvalue weighted by Crippen LogP contribution is 2.49. The quantitative estimate of drug-likeness (QED) is 0.392. The number of imide groups is 2. The Balaban J connectivity index is 1.41. The van der Waals surface area contributed by atoms with Crippen LogP contribution in [-0.2, 0) is 24.6 Å². The number of ether oxygens (including phenoxy) is 1. The molecule has 3 aliphatic rings. The standard InChI is InChI=1S/C27H26N4O7/c1-28(2)22(33)15-31-21(32)14-27(26(31)37)19-13-16(38-3)9-10-20(19)29(25(27)36)11-6-12-30-23(34)17-7-4-5-8-18(17)24(30)35/h4-5,7-10,13H,6,11-12,14-15H2,1-3H3. The number of hydrogen-bond acceptors (Lipinski definition) is 7. The first-order valence-corrected chi connectivity index (χ1v) is 12.1. The van der Waals surface area contributed by atoms with E-state index in [1.165, 1.54) is 31.0 Å². The van der Waals surface area contributed by atoms with Crippen LogP contribution >= 0.6 is 0 Å². The molecule has 3 aliphatic heterocycles. The van der Waals surface area contributed by atoms with Crippen molar-refractivity contribution in [3.63, 3.8) is 0 Å². The molecule has 0 bridgehead atoms. The lowest BCUT2D eigenvalue weighted by atomic mass is 9.80. The van der Waals surface area contributed by atoms with Crippen molar-refractivity contribution in [2.75, 3.05) is 45.7 Å². The van der Waals surface area contributed by atoms with Crippen molar-refractivity contribution in [2.45, 2.75) is 18.3 Å². The summed E-state index contributed by atoms with van der Waals surface area (Å²) in [6.45, 7) is -0.283. The Morgan fingerprint density at radius 1 is 0.895 bits per heavy atom. The Bertz CT molecular complexity index is 1380. The second kappa shape index (κ2) is 9.09. The number of benzene rings is 2. The Kier molecular flexibility index (Phi) is 6.01. The summed E-state index contributed by atoms with van der Waals surface area (Å²) in [4.78, 5) is 82.9. The van der Waals surface area contributed by atoms with Crippen LogP contribution in [0.3, 0.4) is 0 Å². The van der Waals surface area contributed by atoms with Crippen LogP contribution in [0.5, 0.6) is 5.75 Å². The third-order valence-corrected chi connectivity index (χ3v) is 7.33. The zero-order valence-electron chi connectivity index (χ0n) is 21.2. The second-order valence-corrected chi connectivity index (χ2v) is 9.66. The number of nitrogens with zero attached hydrogens (tertiary/aromatic N) is 4. The van der Waals surface area contributed by atoms with Crippen LogP contribution in [0.2, 0.25) is 0 Å². The average molecular weight is 519 g/mol. The molecule has 11 heteroatoms. The van der Waals surface area contributed by atoms with Gasteiger partial charge in [-0.2, -0.15) is 0 Å². The summed E-state index contributed by atoms with van der Waals surface area (Å²) in [5.74, 6) is -2.76. The van der Waals surface area contributed by atoms with E-state index in [1.807, 2.05) is 0 Å². The molecule has 196 valence electrons. The third kappa shape index (κ3) is 3.57. The second-order valence-electron chi connectivity index (χ2n) is 9.66.